The quantitative estimate of drug-likeness (QED) is 0.772. The van der Waals surface area contributed by atoms with Gasteiger partial charge in [-0.05, 0) is 50.8 Å². The van der Waals surface area contributed by atoms with Crippen LogP contribution in [0.4, 0.5) is 0 Å². The third-order valence-electron chi connectivity index (χ3n) is 4.56. The van der Waals surface area contributed by atoms with Crippen LogP contribution in [0.2, 0.25) is 0 Å². The van der Waals surface area contributed by atoms with Gasteiger partial charge in [0.25, 0.3) is 0 Å². The molecule has 0 spiro atoms. The molecule has 0 aliphatic carbocycles. The van der Waals surface area contributed by atoms with Gasteiger partial charge in [0, 0.05) is 18.1 Å². The SMILES string of the molecule is C=C[C@](C)(Cc1ccc(C)c(C)c1)N1N=C(C)CC(C)C1=O. The molecule has 0 aromatic heterocycles. The zero-order valence-corrected chi connectivity index (χ0v) is 14.3. The fourth-order valence-corrected chi connectivity index (χ4v) is 2.93. The lowest BCUT2D eigenvalue weighted by atomic mass is 9.89. The van der Waals surface area contributed by atoms with Crippen LogP contribution in [0.3, 0.4) is 0 Å². The Morgan fingerprint density at radius 2 is 2.05 bits per heavy atom. The van der Waals surface area contributed by atoms with E-state index in [1.807, 2.05) is 26.8 Å². The van der Waals surface area contributed by atoms with Crippen molar-refractivity contribution in [1.82, 2.24) is 5.01 Å². The molecule has 1 aromatic carbocycles. The lowest BCUT2D eigenvalue weighted by Gasteiger charge is -2.39. The molecule has 1 heterocycles. The van der Waals surface area contributed by atoms with Crippen molar-refractivity contribution >= 4 is 11.6 Å². The van der Waals surface area contributed by atoms with E-state index >= 15 is 0 Å². The normalized spacial score (nSPS) is 21.3. The summed E-state index contributed by atoms with van der Waals surface area (Å²) in [7, 11) is 0. The first-order valence-corrected chi connectivity index (χ1v) is 7.84. The van der Waals surface area contributed by atoms with E-state index < -0.39 is 5.54 Å². The van der Waals surface area contributed by atoms with Crippen LogP contribution in [0.25, 0.3) is 0 Å². The molecule has 0 saturated heterocycles. The Labute approximate surface area is 133 Å². The van der Waals surface area contributed by atoms with Crippen LogP contribution in [0, 0.1) is 19.8 Å². The van der Waals surface area contributed by atoms with Crippen LogP contribution in [0.5, 0.6) is 0 Å². The topological polar surface area (TPSA) is 32.7 Å². The van der Waals surface area contributed by atoms with Gasteiger partial charge >= 0.3 is 0 Å². The molecule has 2 rings (SSSR count). The molecule has 0 fully saturated rings. The third kappa shape index (κ3) is 3.13. The summed E-state index contributed by atoms with van der Waals surface area (Å²) in [5, 5.41) is 6.16. The summed E-state index contributed by atoms with van der Waals surface area (Å²) in [6, 6.07) is 6.44. The van der Waals surface area contributed by atoms with E-state index in [1.165, 1.54) is 16.7 Å². The average Bonchev–Trinajstić information content (AvgIpc) is 2.46. The van der Waals surface area contributed by atoms with Crippen molar-refractivity contribution in [2.24, 2.45) is 11.0 Å². The number of hydrazone groups is 1. The molecular formula is C19H26N2O. The highest BCUT2D eigenvalue weighted by atomic mass is 16.2. The smallest absolute Gasteiger partial charge is 0.246 e. The number of amides is 1. The number of rotatable bonds is 4. The van der Waals surface area contributed by atoms with Crippen molar-refractivity contribution < 1.29 is 4.79 Å². The van der Waals surface area contributed by atoms with Crippen LogP contribution in [-0.4, -0.2) is 22.2 Å². The van der Waals surface area contributed by atoms with Crippen molar-refractivity contribution in [2.75, 3.05) is 0 Å². The van der Waals surface area contributed by atoms with Crippen molar-refractivity contribution in [3.8, 4) is 0 Å². The summed E-state index contributed by atoms with van der Waals surface area (Å²) in [6.45, 7) is 14.2. The fourth-order valence-electron chi connectivity index (χ4n) is 2.93. The molecule has 0 bridgehead atoms. The highest BCUT2D eigenvalue weighted by Gasteiger charge is 2.38. The summed E-state index contributed by atoms with van der Waals surface area (Å²) in [5.41, 5.74) is 4.24. The molecular weight excluding hydrogens is 272 g/mol. The second-order valence-corrected chi connectivity index (χ2v) is 6.75. The Kier molecular flexibility index (Phi) is 4.55. The molecule has 0 radical (unpaired) electrons. The van der Waals surface area contributed by atoms with Crippen LogP contribution in [-0.2, 0) is 11.2 Å². The average molecular weight is 298 g/mol. The van der Waals surface area contributed by atoms with Gasteiger partial charge in [0.1, 0.15) is 0 Å². The predicted octanol–water partition coefficient (Wildman–Crippen LogP) is 4.03. The number of nitrogens with zero attached hydrogens (tertiary/aromatic N) is 2. The summed E-state index contributed by atoms with van der Waals surface area (Å²) in [4.78, 5) is 12.6. The minimum atomic E-state index is -0.505. The lowest BCUT2D eigenvalue weighted by molar-refractivity contribution is -0.140. The summed E-state index contributed by atoms with van der Waals surface area (Å²) < 4.78 is 0. The number of benzene rings is 1. The first-order valence-electron chi connectivity index (χ1n) is 7.84. The zero-order chi connectivity index (χ0) is 16.5. The Hall–Kier alpha value is -1.90. The molecule has 1 aromatic rings. The predicted molar refractivity (Wildman–Crippen MR) is 92.0 cm³/mol. The molecule has 1 unspecified atom stereocenters. The monoisotopic (exact) mass is 298 g/mol. The number of carbonyl (C=O) groups excluding carboxylic acids is 1. The van der Waals surface area contributed by atoms with Crippen molar-refractivity contribution in [1.29, 1.82) is 0 Å². The maximum atomic E-state index is 12.6. The van der Waals surface area contributed by atoms with Gasteiger partial charge < -0.3 is 0 Å². The highest BCUT2D eigenvalue weighted by molar-refractivity contribution is 5.93. The summed E-state index contributed by atoms with van der Waals surface area (Å²) in [5.74, 6) is 0.0633. The van der Waals surface area contributed by atoms with E-state index in [4.69, 9.17) is 0 Å². The molecule has 1 aliphatic rings. The minimum absolute atomic E-state index is 0.0171. The Morgan fingerprint density at radius 3 is 2.64 bits per heavy atom. The largest absolute Gasteiger partial charge is 0.273 e. The van der Waals surface area contributed by atoms with Crippen LogP contribution < -0.4 is 0 Å². The van der Waals surface area contributed by atoms with E-state index in [0.29, 0.717) is 6.42 Å². The highest BCUT2D eigenvalue weighted by Crippen LogP contribution is 2.29. The number of hydrogen-bond acceptors (Lipinski definition) is 2. The Morgan fingerprint density at radius 1 is 1.36 bits per heavy atom. The van der Waals surface area contributed by atoms with E-state index in [1.54, 1.807) is 5.01 Å². The van der Waals surface area contributed by atoms with Gasteiger partial charge in [0.15, 0.2) is 0 Å². The molecule has 1 amide bonds. The molecule has 1 aliphatic heterocycles. The van der Waals surface area contributed by atoms with Crippen LogP contribution in [0.1, 0.15) is 43.9 Å². The van der Waals surface area contributed by atoms with Crippen molar-refractivity contribution in [3.05, 3.63) is 47.5 Å². The molecule has 2 atom stereocenters. The van der Waals surface area contributed by atoms with Gasteiger partial charge in [-0.25, -0.2) is 5.01 Å². The molecule has 0 N–H and O–H groups in total. The standard InChI is InChI=1S/C19H26N2O/c1-7-19(6,12-17-9-8-13(2)14(3)11-17)21-18(22)15(4)10-16(5)20-21/h7-9,11,15H,1,10,12H2,2-6H3/t15?,19-/m1/s1. The van der Waals surface area contributed by atoms with E-state index in [0.717, 1.165) is 12.1 Å². The minimum Gasteiger partial charge on any atom is -0.273 e. The third-order valence-corrected chi connectivity index (χ3v) is 4.56. The Bertz CT molecular complexity index is 632. The molecule has 3 heteroatoms. The molecule has 118 valence electrons. The van der Waals surface area contributed by atoms with E-state index in [9.17, 15) is 4.79 Å². The Balaban J connectivity index is 2.35. The van der Waals surface area contributed by atoms with Crippen molar-refractivity contribution in [3.63, 3.8) is 0 Å². The summed E-state index contributed by atoms with van der Waals surface area (Å²) in [6.07, 6.45) is 3.30. The fraction of sp³-hybridized carbons (Fsp3) is 0.474. The van der Waals surface area contributed by atoms with Gasteiger partial charge in [-0.15, -0.1) is 6.58 Å². The second-order valence-electron chi connectivity index (χ2n) is 6.75. The molecule has 0 saturated carbocycles. The number of aryl methyl sites for hydroxylation is 2. The molecule has 3 nitrogen and oxygen atoms in total. The van der Waals surface area contributed by atoms with Gasteiger partial charge in [-0.1, -0.05) is 31.2 Å². The maximum absolute atomic E-state index is 12.6. The zero-order valence-electron chi connectivity index (χ0n) is 14.3. The number of carbonyl (C=O) groups is 1. The lowest BCUT2D eigenvalue weighted by Crippen LogP contribution is -2.51. The van der Waals surface area contributed by atoms with Crippen LogP contribution in [0.15, 0.2) is 36.0 Å². The first-order chi connectivity index (χ1) is 10.3. The summed E-state index contributed by atoms with van der Waals surface area (Å²) >= 11 is 0. The second kappa shape index (κ2) is 6.07. The number of hydrogen-bond donors (Lipinski definition) is 0. The first kappa shape index (κ1) is 16.5. The maximum Gasteiger partial charge on any atom is 0.246 e. The van der Waals surface area contributed by atoms with Gasteiger partial charge in [0.2, 0.25) is 5.91 Å². The van der Waals surface area contributed by atoms with Gasteiger partial charge in [-0.3, -0.25) is 4.79 Å². The van der Waals surface area contributed by atoms with Crippen molar-refractivity contribution in [2.45, 2.75) is 53.0 Å². The molecule has 22 heavy (non-hydrogen) atoms. The van der Waals surface area contributed by atoms with Gasteiger partial charge in [-0.2, -0.15) is 5.10 Å². The van der Waals surface area contributed by atoms with E-state index in [2.05, 4.69) is 43.7 Å². The van der Waals surface area contributed by atoms with E-state index in [-0.39, 0.29) is 11.8 Å². The van der Waals surface area contributed by atoms with Crippen LogP contribution >= 0.6 is 0 Å². The van der Waals surface area contributed by atoms with Gasteiger partial charge in [0.05, 0.1) is 5.54 Å².